The summed E-state index contributed by atoms with van der Waals surface area (Å²) in [6.45, 7) is 0. The molecule has 0 fully saturated rings. The van der Waals surface area contributed by atoms with E-state index >= 15 is 0 Å². The highest BCUT2D eigenvalue weighted by molar-refractivity contribution is 5.91. The van der Waals surface area contributed by atoms with E-state index < -0.39 is 35.0 Å². The number of rotatable bonds is 2. The van der Waals surface area contributed by atoms with Crippen molar-refractivity contribution in [2.75, 3.05) is 7.11 Å². The van der Waals surface area contributed by atoms with E-state index in [0.717, 1.165) is 7.11 Å². The first-order valence-electron chi connectivity index (χ1n) is 3.97. The van der Waals surface area contributed by atoms with Crippen LogP contribution in [0.1, 0.15) is 27.9 Å². The van der Waals surface area contributed by atoms with Gasteiger partial charge in [0.1, 0.15) is 11.6 Å². The lowest BCUT2D eigenvalue weighted by atomic mass is 10.1. The molecule has 1 rings (SSSR count). The standard InChI is InChI=1S/C9H5F3N2O2/c1-16-9(15)6-5(7(10)11)4(2-13)3-14-8(6)12/h3,7H,1H3. The van der Waals surface area contributed by atoms with Crippen molar-refractivity contribution in [2.45, 2.75) is 6.43 Å². The van der Waals surface area contributed by atoms with Gasteiger partial charge in [-0.05, 0) is 0 Å². The van der Waals surface area contributed by atoms with Crippen LogP contribution in [-0.4, -0.2) is 18.1 Å². The highest BCUT2D eigenvalue weighted by atomic mass is 19.3. The van der Waals surface area contributed by atoms with Crippen LogP contribution in [0.5, 0.6) is 0 Å². The second-order valence-corrected chi connectivity index (χ2v) is 2.66. The summed E-state index contributed by atoms with van der Waals surface area (Å²) < 4.78 is 42.5. The molecule has 4 nitrogen and oxygen atoms in total. The van der Waals surface area contributed by atoms with Gasteiger partial charge in [-0.25, -0.2) is 18.6 Å². The topological polar surface area (TPSA) is 63.0 Å². The van der Waals surface area contributed by atoms with Crippen LogP contribution in [-0.2, 0) is 4.74 Å². The van der Waals surface area contributed by atoms with Gasteiger partial charge in [0.05, 0.1) is 18.2 Å². The minimum Gasteiger partial charge on any atom is -0.465 e. The molecule has 0 N–H and O–H groups in total. The molecule has 1 aromatic rings. The Morgan fingerprint density at radius 2 is 2.25 bits per heavy atom. The first-order valence-corrected chi connectivity index (χ1v) is 3.97. The maximum atomic E-state index is 13.1. The van der Waals surface area contributed by atoms with E-state index in [1.807, 2.05) is 0 Å². The molecule has 0 spiro atoms. The van der Waals surface area contributed by atoms with Crippen molar-refractivity contribution < 1.29 is 22.7 Å². The predicted octanol–water partition coefficient (Wildman–Crippen LogP) is 1.82. The average Bonchev–Trinajstić information content (AvgIpc) is 2.27. The van der Waals surface area contributed by atoms with E-state index in [2.05, 4.69) is 9.72 Å². The van der Waals surface area contributed by atoms with Crippen molar-refractivity contribution >= 4 is 5.97 Å². The maximum absolute atomic E-state index is 13.1. The van der Waals surface area contributed by atoms with E-state index in [4.69, 9.17) is 5.26 Å². The summed E-state index contributed by atoms with van der Waals surface area (Å²) in [5.41, 5.74) is -2.56. The third kappa shape index (κ3) is 1.95. The Kier molecular flexibility index (Phi) is 3.45. The fourth-order valence-electron chi connectivity index (χ4n) is 1.11. The number of alkyl halides is 2. The van der Waals surface area contributed by atoms with Crippen LogP contribution in [0.4, 0.5) is 13.2 Å². The molecule has 0 aliphatic heterocycles. The lowest BCUT2D eigenvalue weighted by Gasteiger charge is -2.08. The Bertz CT molecular complexity index is 469. The van der Waals surface area contributed by atoms with E-state index in [0.29, 0.717) is 6.20 Å². The van der Waals surface area contributed by atoms with Gasteiger partial charge in [0.15, 0.2) is 0 Å². The Morgan fingerprint density at radius 3 is 2.69 bits per heavy atom. The zero-order valence-electron chi connectivity index (χ0n) is 8.00. The second-order valence-electron chi connectivity index (χ2n) is 2.66. The minimum atomic E-state index is -3.17. The molecule has 0 aromatic carbocycles. The van der Waals surface area contributed by atoms with Gasteiger partial charge in [0, 0.05) is 6.20 Å². The summed E-state index contributed by atoms with van der Waals surface area (Å²) in [5, 5.41) is 8.54. The second kappa shape index (κ2) is 4.61. The van der Waals surface area contributed by atoms with E-state index in [1.54, 1.807) is 0 Å². The van der Waals surface area contributed by atoms with Gasteiger partial charge in [-0.2, -0.15) is 9.65 Å². The molecule has 0 bridgehead atoms. The number of hydrogen-bond acceptors (Lipinski definition) is 4. The van der Waals surface area contributed by atoms with Gasteiger partial charge < -0.3 is 4.74 Å². The number of aromatic nitrogens is 1. The molecule has 0 unspecified atom stereocenters. The van der Waals surface area contributed by atoms with Gasteiger partial charge in [0.2, 0.25) is 5.95 Å². The Balaban J connectivity index is 3.56. The smallest absolute Gasteiger partial charge is 0.343 e. The first-order chi connectivity index (χ1) is 7.52. The van der Waals surface area contributed by atoms with Crippen LogP contribution < -0.4 is 0 Å². The molecule has 1 aromatic heterocycles. The van der Waals surface area contributed by atoms with Crippen molar-refractivity contribution in [1.29, 1.82) is 5.26 Å². The molecule has 1 heterocycles. The molecular formula is C9H5F3N2O2. The fraction of sp³-hybridized carbons (Fsp3) is 0.222. The van der Waals surface area contributed by atoms with Crippen LogP contribution in [0.15, 0.2) is 6.20 Å². The van der Waals surface area contributed by atoms with Crippen LogP contribution in [0.2, 0.25) is 0 Å². The summed E-state index contributed by atoms with van der Waals surface area (Å²) in [6.07, 6.45) is -2.52. The summed E-state index contributed by atoms with van der Waals surface area (Å²) in [6, 6.07) is 1.41. The molecular weight excluding hydrogens is 225 g/mol. The maximum Gasteiger partial charge on any atom is 0.343 e. The van der Waals surface area contributed by atoms with E-state index in [1.165, 1.54) is 6.07 Å². The van der Waals surface area contributed by atoms with E-state index in [9.17, 15) is 18.0 Å². The number of carbonyl (C=O) groups is 1. The van der Waals surface area contributed by atoms with Crippen molar-refractivity contribution in [3.05, 3.63) is 28.8 Å². The zero-order chi connectivity index (χ0) is 12.3. The molecule has 0 amide bonds. The molecule has 0 saturated carbocycles. The highest BCUT2D eigenvalue weighted by Gasteiger charge is 2.27. The third-order valence-electron chi connectivity index (χ3n) is 1.80. The van der Waals surface area contributed by atoms with Gasteiger partial charge >= 0.3 is 5.97 Å². The number of esters is 1. The average molecular weight is 230 g/mol. The molecule has 7 heteroatoms. The first kappa shape index (κ1) is 12.0. The molecule has 0 saturated heterocycles. The van der Waals surface area contributed by atoms with Gasteiger partial charge in [-0.15, -0.1) is 0 Å². The van der Waals surface area contributed by atoms with Crippen LogP contribution in [0, 0.1) is 17.3 Å². The van der Waals surface area contributed by atoms with Crippen LogP contribution in [0.3, 0.4) is 0 Å². The number of nitriles is 1. The fourth-order valence-corrected chi connectivity index (χ4v) is 1.11. The van der Waals surface area contributed by atoms with Crippen molar-refractivity contribution in [3.8, 4) is 6.07 Å². The summed E-state index contributed by atoms with van der Waals surface area (Å²) in [4.78, 5) is 14.1. The monoisotopic (exact) mass is 230 g/mol. The molecule has 84 valence electrons. The molecule has 0 atom stereocenters. The number of carbonyl (C=O) groups excluding carboxylic acids is 1. The van der Waals surface area contributed by atoms with Crippen molar-refractivity contribution in [1.82, 2.24) is 4.98 Å². The minimum absolute atomic E-state index is 0.559. The highest BCUT2D eigenvalue weighted by Crippen LogP contribution is 2.27. The number of hydrogen-bond donors (Lipinski definition) is 0. The Hall–Kier alpha value is -2.10. The quantitative estimate of drug-likeness (QED) is 0.574. The molecule has 16 heavy (non-hydrogen) atoms. The molecule has 0 aliphatic rings. The van der Waals surface area contributed by atoms with Gasteiger partial charge in [0.25, 0.3) is 6.43 Å². The third-order valence-corrected chi connectivity index (χ3v) is 1.80. The number of ether oxygens (including phenoxy) is 1. The van der Waals surface area contributed by atoms with Crippen LogP contribution in [0.25, 0.3) is 0 Å². The zero-order valence-corrected chi connectivity index (χ0v) is 8.00. The van der Waals surface area contributed by atoms with Gasteiger partial charge in [-0.1, -0.05) is 0 Å². The summed E-state index contributed by atoms with van der Waals surface area (Å²) in [5.74, 6) is -2.68. The van der Waals surface area contributed by atoms with Crippen molar-refractivity contribution in [3.63, 3.8) is 0 Å². The molecule has 0 aliphatic carbocycles. The lowest BCUT2D eigenvalue weighted by molar-refractivity contribution is 0.0581. The number of nitrogens with zero attached hydrogens (tertiary/aromatic N) is 2. The number of pyridine rings is 1. The summed E-state index contributed by atoms with van der Waals surface area (Å²) >= 11 is 0. The van der Waals surface area contributed by atoms with E-state index in [-0.39, 0.29) is 0 Å². The molecule has 0 radical (unpaired) electrons. The number of halogens is 3. The lowest BCUT2D eigenvalue weighted by Crippen LogP contribution is -2.12. The van der Waals surface area contributed by atoms with Crippen molar-refractivity contribution in [2.24, 2.45) is 0 Å². The Morgan fingerprint density at radius 1 is 1.62 bits per heavy atom. The largest absolute Gasteiger partial charge is 0.465 e. The predicted molar refractivity (Wildman–Crippen MR) is 45.2 cm³/mol. The number of methoxy groups -OCH3 is 1. The summed E-state index contributed by atoms with van der Waals surface area (Å²) in [7, 11) is 0.913. The SMILES string of the molecule is COC(=O)c1c(F)ncc(C#N)c1C(F)F. The normalized spacial score (nSPS) is 10.0. The van der Waals surface area contributed by atoms with Gasteiger partial charge in [-0.3, -0.25) is 0 Å². The van der Waals surface area contributed by atoms with Crippen LogP contribution >= 0.6 is 0 Å². The Labute approximate surface area is 88.3 Å².